The fraction of sp³-hybridized carbons (Fsp3) is 0.143. The van der Waals surface area contributed by atoms with Crippen molar-refractivity contribution in [2.45, 2.75) is 5.57 Å². The summed E-state index contributed by atoms with van der Waals surface area (Å²) in [4.78, 5) is 0. The van der Waals surface area contributed by atoms with Gasteiger partial charge in [0.05, 0.1) is 4.47 Å². The molecule has 1 aromatic carbocycles. The largest absolute Gasteiger partial charge is 0.487 e. The summed E-state index contributed by atoms with van der Waals surface area (Å²) in [5, 5.41) is 0. The van der Waals surface area contributed by atoms with Crippen LogP contribution in [0.2, 0.25) is 0 Å². The lowest BCUT2D eigenvalue weighted by Gasteiger charge is -2.11. The number of hydrogen-bond acceptors (Lipinski definition) is 1. The minimum atomic E-state index is -3.68. The lowest BCUT2D eigenvalue weighted by atomic mass is 10.3. The molecule has 0 aromatic heterocycles. The van der Waals surface area contributed by atoms with E-state index in [0.717, 1.165) is 4.47 Å². The minimum absolute atomic E-state index is 0.0109. The average molecular weight is 336 g/mol. The van der Waals surface area contributed by atoms with E-state index >= 15 is 0 Å². The Bertz CT molecular complexity index is 314. The van der Waals surface area contributed by atoms with E-state index in [4.69, 9.17) is 0 Å². The van der Waals surface area contributed by atoms with Gasteiger partial charge in [0, 0.05) is 16.1 Å². The van der Waals surface area contributed by atoms with E-state index in [-0.39, 0.29) is 5.75 Å². The van der Waals surface area contributed by atoms with Crippen LogP contribution >= 0.6 is 43.5 Å². The molecule has 0 bridgehead atoms. The second kappa shape index (κ2) is 4.11. The van der Waals surface area contributed by atoms with Crippen molar-refractivity contribution >= 4 is 43.5 Å². The first-order chi connectivity index (χ1) is 5.88. The number of halogens is 5. The van der Waals surface area contributed by atoms with Gasteiger partial charge >= 0.3 is 5.57 Å². The number of alkyl halides is 3. The SMILES string of the molecule is FC(F)(Cl)Oc1ccc(Br)cc1Br. The minimum Gasteiger partial charge on any atom is -0.419 e. The van der Waals surface area contributed by atoms with Crippen LogP contribution in [0.1, 0.15) is 0 Å². The highest BCUT2D eigenvalue weighted by molar-refractivity contribution is 9.11. The van der Waals surface area contributed by atoms with Crippen molar-refractivity contribution in [2.75, 3.05) is 0 Å². The van der Waals surface area contributed by atoms with E-state index in [2.05, 4.69) is 48.2 Å². The molecule has 0 spiro atoms. The second-order valence-corrected chi connectivity index (χ2v) is 4.33. The van der Waals surface area contributed by atoms with Crippen LogP contribution in [-0.4, -0.2) is 5.57 Å². The predicted molar refractivity (Wildman–Crippen MR) is 53.3 cm³/mol. The first-order valence-corrected chi connectivity index (χ1v) is 5.06. The summed E-state index contributed by atoms with van der Waals surface area (Å²) in [6, 6.07) is 4.53. The van der Waals surface area contributed by atoms with Crippen molar-refractivity contribution in [2.24, 2.45) is 0 Å². The lowest BCUT2D eigenvalue weighted by Crippen LogP contribution is -2.15. The Morgan fingerprint density at radius 2 is 1.92 bits per heavy atom. The van der Waals surface area contributed by atoms with Crippen LogP contribution < -0.4 is 4.74 Å². The third-order valence-electron chi connectivity index (χ3n) is 1.12. The highest BCUT2D eigenvalue weighted by Crippen LogP contribution is 2.33. The second-order valence-electron chi connectivity index (χ2n) is 2.12. The van der Waals surface area contributed by atoms with E-state index in [9.17, 15) is 8.78 Å². The van der Waals surface area contributed by atoms with Crippen molar-refractivity contribution in [1.82, 2.24) is 0 Å². The van der Waals surface area contributed by atoms with Crippen LogP contribution in [0.25, 0.3) is 0 Å². The fourth-order valence-electron chi connectivity index (χ4n) is 0.683. The van der Waals surface area contributed by atoms with Gasteiger partial charge in [0.1, 0.15) is 5.75 Å². The van der Waals surface area contributed by atoms with Crippen molar-refractivity contribution in [3.63, 3.8) is 0 Å². The summed E-state index contributed by atoms with van der Waals surface area (Å²) in [7, 11) is 0. The van der Waals surface area contributed by atoms with Crippen LogP contribution in [0.3, 0.4) is 0 Å². The van der Waals surface area contributed by atoms with Gasteiger partial charge in [0.15, 0.2) is 0 Å². The summed E-state index contributed by atoms with van der Waals surface area (Å²) in [5.74, 6) is -0.0109. The number of hydrogen-bond donors (Lipinski definition) is 0. The molecule has 6 heteroatoms. The first kappa shape index (κ1) is 11.2. The molecule has 0 aliphatic heterocycles. The molecule has 0 unspecified atom stereocenters. The summed E-state index contributed by atoms with van der Waals surface area (Å²) in [5.41, 5.74) is -3.68. The highest BCUT2D eigenvalue weighted by atomic mass is 79.9. The van der Waals surface area contributed by atoms with Crippen LogP contribution in [0.5, 0.6) is 5.75 Å². The normalized spacial score (nSPS) is 11.5. The summed E-state index contributed by atoms with van der Waals surface area (Å²) >= 11 is 10.8. The van der Waals surface area contributed by atoms with Gasteiger partial charge in [0.2, 0.25) is 0 Å². The molecule has 13 heavy (non-hydrogen) atoms. The third kappa shape index (κ3) is 3.79. The van der Waals surface area contributed by atoms with E-state index in [1.807, 2.05) is 0 Å². The lowest BCUT2D eigenvalue weighted by molar-refractivity contribution is -0.0969. The monoisotopic (exact) mass is 334 g/mol. The molecule has 0 heterocycles. The van der Waals surface area contributed by atoms with Gasteiger partial charge in [-0.3, -0.25) is 0 Å². The van der Waals surface area contributed by atoms with Gasteiger partial charge in [-0.15, -0.1) is 8.78 Å². The maximum atomic E-state index is 12.2. The highest BCUT2D eigenvalue weighted by Gasteiger charge is 2.28. The molecular formula is C7H3Br2ClF2O. The van der Waals surface area contributed by atoms with E-state index in [1.54, 1.807) is 12.1 Å². The Balaban J connectivity index is 2.90. The molecule has 0 aliphatic rings. The predicted octanol–water partition coefficient (Wildman–Crippen LogP) is 4.38. The van der Waals surface area contributed by atoms with Gasteiger partial charge < -0.3 is 4.74 Å². The van der Waals surface area contributed by atoms with E-state index < -0.39 is 5.57 Å². The maximum Gasteiger partial charge on any atom is 0.487 e. The zero-order valence-electron chi connectivity index (χ0n) is 6.03. The molecule has 0 saturated carbocycles. The molecule has 0 saturated heterocycles. The topological polar surface area (TPSA) is 9.23 Å². The van der Waals surface area contributed by atoms with Gasteiger partial charge in [-0.1, -0.05) is 15.9 Å². The Morgan fingerprint density at radius 3 is 2.38 bits per heavy atom. The van der Waals surface area contributed by atoms with Gasteiger partial charge in [-0.2, -0.15) is 0 Å². The number of rotatable bonds is 2. The van der Waals surface area contributed by atoms with Crippen molar-refractivity contribution in [3.05, 3.63) is 27.1 Å². The molecule has 72 valence electrons. The zero-order valence-corrected chi connectivity index (χ0v) is 9.96. The van der Waals surface area contributed by atoms with Gasteiger partial charge in [-0.05, 0) is 34.1 Å². The quantitative estimate of drug-likeness (QED) is 0.728. The Kier molecular flexibility index (Phi) is 3.54. The summed E-state index contributed by atoms with van der Waals surface area (Å²) in [6.45, 7) is 0. The molecule has 0 amide bonds. The molecular weight excluding hydrogens is 333 g/mol. The van der Waals surface area contributed by atoms with Crippen molar-refractivity contribution < 1.29 is 13.5 Å². The summed E-state index contributed by atoms with van der Waals surface area (Å²) in [6.07, 6.45) is 0. The molecule has 0 atom stereocenters. The molecule has 0 aliphatic carbocycles. The van der Waals surface area contributed by atoms with Crippen LogP contribution in [0.4, 0.5) is 8.78 Å². The fourth-order valence-corrected chi connectivity index (χ4v) is 1.89. The number of ether oxygens (including phenoxy) is 1. The molecule has 1 aromatic rings. The summed E-state index contributed by atoms with van der Waals surface area (Å²) < 4.78 is 29.7. The number of benzene rings is 1. The average Bonchev–Trinajstić information content (AvgIpc) is 1.93. The molecule has 0 fully saturated rings. The maximum absolute atomic E-state index is 12.2. The standard InChI is InChI=1S/C7H3Br2ClF2O/c8-4-1-2-6(5(9)3-4)13-7(10,11)12/h1-3H. The first-order valence-electron chi connectivity index (χ1n) is 3.09. The zero-order chi connectivity index (χ0) is 10.1. The third-order valence-corrected chi connectivity index (χ3v) is 2.31. The Hall–Kier alpha value is 0.130. The van der Waals surface area contributed by atoms with Crippen LogP contribution in [0.15, 0.2) is 27.1 Å². The van der Waals surface area contributed by atoms with Crippen LogP contribution in [-0.2, 0) is 0 Å². The molecule has 0 radical (unpaired) electrons. The molecule has 1 nitrogen and oxygen atoms in total. The smallest absolute Gasteiger partial charge is 0.419 e. The van der Waals surface area contributed by atoms with Crippen LogP contribution in [0, 0.1) is 0 Å². The van der Waals surface area contributed by atoms with E-state index in [0.29, 0.717) is 4.47 Å². The Labute approximate surface area is 95.3 Å². The van der Waals surface area contributed by atoms with E-state index in [1.165, 1.54) is 6.07 Å². The van der Waals surface area contributed by atoms with Gasteiger partial charge in [0.25, 0.3) is 0 Å². The van der Waals surface area contributed by atoms with Crippen molar-refractivity contribution in [3.8, 4) is 5.75 Å². The molecule has 1 rings (SSSR count). The molecule has 0 N–H and O–H groups in total. The van der Waals surface area contributed by atoms with Gasteiger partial charge in [-0.25, -0.2) is 0 Å². The van der Waals surface area contributed by atoms with Crippen molar-refractivity contribution in [1.29, 1.82) is 0 Å². The Morgan fingerprint density at radius 1 is 1.31 bits per heavy atom.